The van der Waals surface area contributed by atoms with Crippen LogP contribution in [-0.4, -0.2) is 22.8 Å². The lowest BCUT2D eigenvalue weighted by atomic mass is 9.93. The normalized spacial score (nSPS) is 26.0. The summed E-state index contributed by atoms with van der Waals surface area (Å²) in [5, 5.41) is 2.15. The van der Waals surface area contributed by atoms with Crippen LogP contribution in [0.25, 0.3) is 0 Å². The van der Waals surface area contributed by atoms with Crippen LogP contribution in [0.15, 0.2) is 15.9 Å². The fraction of sp³-hybridized carbons (Fsp3) is 0.636. The Bertz CT molecular complexity index is 348. The molecule has 1 nitrogen and oxygen atoms in total. The minimum Gasteiger partial charge on any atom is -0.297 e. The van der Waals surface area contributed by atoms with Crippen LogP contribution in [0.5, 0.6) is 0 Å². The quantitative estimate of drug-likeness (QED) is 0.724. The number of nitrogens with zero attached hydrogens (tertiary/aromatic N) is 1. The van der Waals surface area contributed by atoms with Crippen molar-refractivity contribution >= 4 is 43.2 Å². The van der Waals surface area contributed by atoms with Crippen molar-refractivity contribution in [2.45, 2.75) is 25.2 Å². The van der Waals surface area contributed by atoms with Crippen LogP contribution >= 0.6 is 43.2 Å². The van der Waals surface area contributed by atoms with Crippen molar-refractivity contribution in [2.24, 2.45) is 5.41 Å². The molecule has 2 rings (SSSR count). The highest BCUT2D eigenvalue weighted by Crippen LogP contribution is 2.36. The standard InChI is InChI=1S/C11H15Br2NS/c1-11(2)7-14(6-10(11)13)5-9-8(12)3-4-15-9/h3-4,10H,5-7H2,1-2H3. The Kier molecular flexibility index (Phi) is 3.61. The van der Waals surface area contributed by atoms with Crippen molar-refractivity contribution < 1.29 is 0 Å². The summed E-state index contributed by atoms with van der Waals surface area (Å²) in [4.78, 5) is 4.58. The van der Waals surface area contributed by atoms with Crippen LogP contribution in [0.4, 0.5) is 0 Å². The Hall–Kier alpha value is 0.620. The molecule has 1 atom stereocenters. The molecule has 0 aromatic carbocycles. The van der Waals surface area contributed by atoms with Gasteiger partial charge in [-0.15, -0.1) is 11.3 Å². The Morgan fingerprint density at radius 3 is 2.80 bits per heavy atom. The molecule has 1 saturated heterocycles. The van der Waals surface area contributed by atoms with Crippen LogP contribution in [0.3, 0.4) is 0 Å². The van der Waals surface area contributed by atoms with E-state index in [1.165, 1.54) is 15.9 Å². The summed E-state index contributed by atoms with van der Waals surface area (Å²) in [6, 6.07) is 2.13. The van der Waals surface area contributed by atoms with Crippen molar-refractivity contribution in [1.29, 1.82) is 0 Å². The summed E-state index contributed by atoms with van der Waals surface area (Å²) in [6.07, 6.45) is 0. The van der Waals surface area contributed by atoms with Gasteiger partial charge < -0.3 is 0 Å². The highest BCUT2D eigenvalue weighted by atomic mass is 79.9. The SMILES string of the molecule is CC1(C)CN(Cc2sccc2Br)CC1Br. The minimum absolute atomic E-state index is 0.393. The van der Waals surface area contributed by atoms with Crippen molar-refractivity contribution in [2.75, 3.05) is 13.1 Å². The van der Waals surface area contributed by atoms with Crippen molar-refractivity contribution in [3.05, 3.63) is 20.8 Å². The van der Waals surface area contributed by atoms with E-state index >= 15 is 0 Å². The van der Waals surface area contributed by atoms with E-state index in [1.807, 2.05) is 11.3 Å². The van der Waals surface area contributed by atoms with Gasteiger partial charge in [-0.25, -0.2) is 0 Å². The Morgan fingerprint density at radius 1 is 1.60 bits per heavy atom. The summed E-state index contributed by atoms with van der Waals surface area (Å²) in [7, 11) is 0. The van der Waals surface area contributed by atoms with Gasteiger partial charge in [0, 0.05) is 33.8 Å². The van der Waals surface area contributed by atoms with E-state index in [0.717, 1.165) is 13.1 Å². The molecule has 0 radical (unpaired) electrons. The molecule has 1 fully saturated rings. The predicted octanol–water partition coefficient (Wildman–Crippen LogP) is 4.12. The van der Waals surface area contributed by atoms with E-state index in [0.29, 0.717) is 10.2 Å². The number of rotatable bonds is 2. The lowest BCUT2D eigenvalue weighted by Gasteiger charge is -2.21. The smallest absolute Gasteiger partial charge is 0.0339 e. The second-order valence-corrected chi connectivity index (χ2v) is 7.78. The molecule has 0 N–H and O–H groups in total. The van der Waals surface area contributed by atoms with E-state index < -0.39 is 0 Å². The first-order chi connectivity index (χ1) is 6.99. The molecule has 0 saturated carbocycles. The maximum Gasteiger partial charge on any atom is 0.0339 e. The molecular weight excluding hydrogens is 338 g/mol. The molecular formula is C11H15Br2NS. The molecule has 4 heteroatoms. The maximum absolute atomic E-state index is 3.77. The lowest BCUT2D eigenvalue weighted by molar-refractivity contribution is 0.286. The molecule has 1 aromatic heterocycles. The molecule has 1 aliphatic rings. The molecule has 1 aromatic rings. The summed E-state index contributed by atoms with van der Waals surface area (Å²) >= 11 is 9.20. The number of halogens is 2. The Labute approximate surface area is 112 Å². The monoisotopic (exact) mass is 351 g/mol. The predicted molar refractivity (Wildman–Crippen MR) is 73.8 cm³/mol. The summed E-state index contributed by atoms with van der Waals surface area (Å²) < 4.78 is 1.25. The van der Waals surface area contributed by atoms with E-state index in [4.69, 9.17) is 0 Å². The van der Waals surface area contributed by atoms with Gasteiger partial charge in [-0.05, 0) is 32.8 Å². The van der Waals surface area contributed by atoms with Crippen molar-refractivity contribution in [1.82, 2.24) is 4.90 Å². The highest BCUT2D eigenvalue weighted by molar-refractivity contribution is 9.10. The van der Waals surface area contributed by atoms with Gasteiger partial charge >= 0.3 is 0 Å². The molecule has 0 bridgehead atoms. The van der Waals surface area contributed by atoms with E-state index in [-0.39, 0.29) is 0 Å². The van der Waals surface area contributed by atoms with Gasteiger partial charge in [0.2, 0.25) is 0 Å². The molecule has 0 spiro atoms. The summed E-state index contributed by atoms with van der Waals surface area (Å²) in [5.74, 6) is 0. The van der Waals surface area contributed by atoms with Gasteiger partial charge in [-0.1, -0.05) is 29.8 Å². The number of hydrogen-bond donors (Lipinski definition) is 0. The fourth-order valence-corrected chi connectivity index (χ4v) is 4.05. The van der Waals surface area contributed by atoms with Crippen LogP contribution in [0.2, 0.25) is 0 Å². The zero-order valence-corrected chi connectivity index (χ0v) is 13.0. The zero-order valence-electron chi connectivity index (χ0n) is 8.96. The maximum atomic E-state index is 3.77. The highest BCUT2D eigenvalue weighted by Gasteiger charge is 2.37. The molecule has 0 aliphatic carbocycles. The topological polar surface area (TPSA) is 3.24 Å². The van der Waals surface area contributed by atoms with E-state index in [9.17, 15) is 0 Å². The Balaban J connectivity index is 2.01. The second kappa shape index (κ2) is 4.47. The number of hydrogen-bond acceptors (Lipinski definition) is 2. The Morgan fingerprint density at radius 2 is 2.33 bits per heavy atom. The molecule has 1 aliphatic heterocycles. The first kappa shape index (κ1) is 12.1. The average Bonchev–Trinajstić information content (AvgIpc) is 2.60. The third kappa shape index (κ3) is 2.65. The first-order valence-electron chi connectivity index (χ1n) is 5.07. The van der Waals surface area contributed by atoms with Crippen molar-refractivity contribution in [3.8, 4) is 0 Å². The van der Waals surface area contributed by atoms with Crippen LogP contribution in [-0.2, 0) is 6.54 Å². The van der Waals surface area contributed by atoms with Crippen LogP contribution < -0.4 is 0 Å². The third-order valence-corrected chi connectivity index (χ3v) is 6.40. The summed E-state index contributed by atoms with van der Waals surface area (Å²) in [6.45, 7) is 8.06. The van der Waals surface area contributed by atoms with Gasteiger partial charge in [-0.2, -0.15) is 0 Å². The fourth-order valence-electron chi connectivity index (χ4n) is 1.98. The van der Waals surface area contributed by atoms with Gasteiger partial charge in [-0.3, -0.25) is 4.90 Å². The van der Waals surface area contributed by atoms with Crippen LogP contribution in [0, 0.1) is 5.41 Å². The molecule has 1 unspecified atom stereocenters. The van der Waals surface area contributed by atoms with E-state index in [2.05, 4.69) is 62.1 Å². The molecule has 84 valence electrons. The largest absolute Gasteiger partial charge is 0.297 e. The number of likely N-dealkylation sites (tertiary alicyclic amines) is 1. The number of alkyl halides is 1. The average molecular weight is 353 g/mol. The molecule has 2 heterocycles. The zero-order chi connectivity index (χ0) is 11.1. The minimum atomic E-state index is 0.393. The van der Waals surface area contributed by atoms with Gasteiger partial charge in [0.05, 0.1) is 0 Å². The lowest BCUT2D eigenvalue weighted by Crippen LogP contribution is -2.23. The van der Waals surface area contributed by atoms with Crippen molar-refractivity contribution in [3.63, 3.8) is 0 Å². The van der Waals surface area contributed by atoms with Crippen LogP contribution in [0.1, 0.15) is 18.7 Å². The first-order valence-corrected chi connectivity index (χ1v) is 7.66. The summed E-state index contributed by atoms with van der Waals surface area (Å²) in [5.41, 5.74) is 0.393. The molecule has 0 amide bonds. The second-order valence-electron chi connectivity index (χ2n) is 4.82. The van der Waals surface area contributed by atoms with Gasteiger partial charge in [0.1, 0.15) is 0 Å². The number of thiophene rings is 1. The van der Waals surface area contributed by atoms with E-state index in [1.54, 1.807) is 0 Å². The molecule has 15 heavy (non-hydrogen) atoms. The third-order valence-electron chi connectivity index (χ3n) is 2.96. The van der Waals surface area contributed by atoms with Gasteiger partial charge in [0.15, 0.2) is 0 Å². The van der Waals surface area contributed by atoms with Gasteiger partial charge in [0.25, 0.3) is 0 Å².